The number of rotatable bonds is 5. The van der Waals surface area contributed by atoms with Crippen molar-refractivity contribution in [1.82, 2.24) is 19.5 Å². The van der Waals surface area contributed by atoms with Crippen molar-refractivity contribution in [2.24, 2.45) is 5.73 Å². The van der Waals surface area contributed by atoms with Crippen LogP contribution in [0, 0.1) is 0 Å². The van der Waals surface area contributed by atoms with E-state index >= 15 is 0 Å². The molecule has 32 heavy (non-hydrogen) atoms. The van der Waals surface area contributed by atoms with E-state index in [2.05, 4.69) is 58.6 Å². The third kappa shape index (κ3) is 4.25. The lowest BCUT2D eigenvalue weighted by molar-refractivity contribution is 0.315. The fourth-order valence-corrected chi connectivity index (χ4v) is 5.03. The van der Waals surface area contributed by atoms with E-state index in [1.807, 2.05) is 16.8 Å². The van der Waals surface area contributed by atoms with E-state index in [9.17, 15) is 0 Å². The van der Waals surface area contributed by atoms with E-state index in [1.165, 1.54) is 12.1 Å². The summed E-state index contributed by atoms with van der Waals surface area (Å²) in [5, 5.41) is 7.96. The summed E-state index contributed by atoms with van der Waals surface area (Å²) < 4.78 is 1.81. The van der Waals surface area contributed by atoms with Crippen molar-refractivity contribution in [2.45, 2.75) is 50.1 Å². The van der Waals surface area contributed by atoms with Crippen LogP contribution in [0.4, 0.5) is 22.9 Å². The number of fused-ring (bicyclic) bond motifs is 1. The van der Waals surface area contributed by atoms with Gasteiger partial charge in [-0.3, -0.25) is 0 Å². The van der Waals surface area contributed by atoms with E-state index in [4.69, 9.17) is 16.5 Å². The highest BCUT2D eigenvalue weighted by Crippen LogP contribution is 2.33. The Hall–Kier alpha value is -2.84. The lowest BCUT2D eigenvalue weighted by Crippen LogP contribution is -2.31. The van der Waals surface area contributed by atoms with Gasteiger partial charge >= 0.3 is 0 Å². The minimum absolute atomic E-state index is 0.326. The van der Waals surface area contributed by atoms with E-state index in [0.29, 0.717) is 23.8 Å². The second-order valence-corrected chi connectivity index (χ2v) is 9.55. The minimum atomic E-state index is 0.326. The molecular weight excluding hydrogens is 400 g/mol. The van der Waals surface area contributed by atoms with Gasteiger partial charge in [0.1, 0.15) is 5.82 Å². The molecule has 0 spiro atoms. The largest absolute Gasteiger partial charge is 0.382 e. The Labute approximate surface area is 189 Å². The zero-order valence-corrected chi connectivity index (χ0v) is 19.0. The molecule has 2 fully saturated rings. The van der Waals surface area contributed by atoms with Gasteiger partial charge in [-0.05, 0) is 70.5 Å². The van der Waals surface area contributed by atoms with Gasteiger partial charge in [-0.25, -0.2) is 9.50 Å². The standard InChI is InChI=1S/C24H34N8/c1-30(2)20-11-12-31(14-20)19-9-7-18(8-10-19)27-21-13-23(26)29-32-15-22(28-24(21)32)16-3-5-17(25)6-4-16/h7-10,13,15-17,20,27H,3-6,11-12,14,25H2,1-2H3,(H2,26,29)/t16-,17-,20?. The van der Waals surface area contributed by atoms with Crippen LogP contribution in [-0.2, 0) is 0 Å². The lowest BCUT2D eigenvalue weighted by Gasteiger charge is -2.24. The first-order chi connectivity index (χ1) is 15.5. The molecule has 3 aromatic rings. The van der Waals surface area contributed by atoms with Crippen molar-refractivity contribution in [3.05, 3.63) is 42.2 Å². The van der Waals surface area contributed by atoms with Crippen molar-refractivity contribution in [3.8, 4) is 0 Å². The lowest BCUT2D eigenvalue weighted by atomic mass is 9.85. The van der Waals surface area contributed by atoms with Crippen molar-refractivity contribution < 1.29 is 0 Å². The number of hydrogen-bond acceptors (Lipinski definition) is 7. The van der Waals surface area contributed by atoms with Crippen LogP contribution in [0.3, 0.4) is 0 Å². The number of nitrogens with two attached hydrogens (primary N) is 2. The van der Waals surface area contributed by atoms with Gasteiger partial charge in [-0.1, -0.05) is 0 Å². The van der Waals surface area contributed by atoms with Gasteiger partial charge in [0.2, 0.25) is 0 Å². The molecule has 1 aliphatic heterocycles. The second kappa shape index (κ2) is 8.60. The first-order valence-electron chi connectivity index (χ1n) is 11.7. The Morgan fingerprint density at radius 2 is 1.81 bits per heavy atom. The second-order valence-electron chi connectivity index (χ2n) is 9.55. The summed E-state index contributed by atoms with van der Waals surface area (Å²) in [5.74, 6) is 0.911. The van der Waals surface area contributed by atoms with Crippen molar-refractivity contribution >= 4 is 28.5 Å². The van der Waals surface area contributed by atoms with Crippen molar-refractivity contribution in [2.75, 3.05) is 43.1 Å². The van der Waals surface area contributed by atoms with Crippen LogP contribution in [0.2, 0.25) is 0 Å². The summed E-state index contributed by atoms with van der Waals surface area (Å²) in [7, 11) is 4.32. The maximum Gasteiger partial charge on any atom is 0.177 e. The normalized spacial score (nSPS) is 23.9. The Kier molecular flexibility index (Phi) is 5.65. The molecule has 8 heteroatoms. The molecular formula is C24H34N8. The highest BCUT2D eigenvalue weighted by molar-refractivity contribution is 5.76. The van der Waals surface area contributed by atoms with Crippen LogP contribution < -0.4 is 21.7 Å². The summed E-state index contributed by atoms with van der Waals surface area (Å²) >= 11 is 0. The molecule has 1 aliphatic carbocycles. The molecule has 0 radical (unpaired) electrons. The zero-order chi connectivity index (χ0) is 22.2. The zero-order valence-electron chi connectivity index (χ0n) is 19.0. The smallest absolute Gasteiger partial charge is 0.177 e. The maximum absolute atomic E-state index is 6.10. The SMILES string of the molecule is CN(C)C1CCN(c2ccc(Nc3cc(N)nn4cc([C@H]5CC[C@H](N)CC5)nc34)cc2)C1. The fourth-order valence-electron chi connectivity index (χ4n) is 5.03. The molecule has 5 N–H and O–H groups in total. The number of hydrogen-bond donors (Lipinski definition) is 3. The summed E-state index contributed by atoms with van der Waals surface area (Å²) in [6, 6.07) is 11.4. The van der Waals surface area contributed by atoms with E-state index in [1.54, 1.807) is 0 Å². The maximum atomic E-state index is 6.10. The van der Waals surface area contributed by atoms with Gasteiger partial charge in [-0.2, -0.15) is 0 Å². The van der Waals surface area contributed by atoms with Gasteiger partial charge in [0.15, 0.2) is 5.65 Å². The van der Waals surface area contributed by atoms with E-state index in [-0.39, 0.29) is 0 Å². The van der Waals surface area contributed by atoms with Crippen molar-refractivity contribution in [1.29, 1.82) is 0 Å². The Bertz CT molecular complexity index is 1070. The summed E-state index contributed by atoms with van der Waals surface area (Å²) in [6.45, 7) is 2.17. The molecule has 5 rings (SSSR count). The number of imidazole rings is 1. The molecule has 2 aromatic heterocycles. The van der Waals surface area contributed by atoms with Crippen LogP contribution in [0.15, 0.2) is 36.5 Å². The molecule has 1 unspecified atom stereocenters. The number of benzene rings is 1. The number of aromatic nitrogens is 3. The average molecular weight is 435 g/mol. The fraction of sp³-hybridized carbons (Fsp3) is 0.500. The highest BCUT2D eigenvalue weighted by Gasteiger charge is 2.25. The molecule has 1 saturated carbocycles. The molecule has 1 atom stereocenters. The number of nitrogens with one attached hydrogen (secondary N) is 1. The van der Waals surface area contributed by atoms with Gasteiger partial charge < -0.3 is 26.6 Å². The molecule has 170 valence electrons. The number of anilines is 4. The van der Waals surface area contributed by atoms with Crippen LogP contribution in [0.1, 0.15) is 43.7 Å². The summed E-state index contributed by atoms with van der Waals surface area (Å²) in [6.07, 6.45) is 7.49. The minimum Gasteiger partial charge on any atom is -0.382 e. The summed E-state index contributed by atoms with van der Waals surface area (Å²) in [4.78, 5) is 9.70. The van der Waals surface area contributed by atoms with Gasteiger partial charge in [0, 0.05) is 48.5 Å². The predicted molar refractivity (Wildman–Crippen MR) is 131 cm³/mol. The Morgan fingerprint density at radius 3 is 2.50 bits per heavy atom. The quantitative estimate of drug-likeness (QED) is 0.567. The highest BCUT2D eigenvalue weighted by atomic mass is 15.3. The first kappa shape index (κ1) is 21.0. The summed E-state index contributed by atoms with van der Waals surface area (Å²) in [5.41, 5.74) is 17.2. The van der Waals surface area contributed by atoms with Gasteiger partial charge in [-0.15, -0.1) is 5.10 Å². The number of likely N-dealkylation sites (N-methyl/N-ethyl adjacent to an activating group) is 1. The number of nitrogens with zero attached hydrogens (tertiary/aromatic N) is 5. The van der Waals surface area contributed by atoms with Crippen LogP contribution in [0.5, 0.6) is 0 Å². The molecule has 1 aromatic carbocycles. The van der Waals surface area contributed by atoms with Crippen LogP contribution in [-0.4, -0.2) is 58.8 Å². The molecule has 2 aliphatic rings. The molecule has 3 heterocycles. The molecule has 1 saturated heterocycles. The van der Waals surface area contributed by atoms with Gasteiger partial charge in [0.25, 0.3) is 0 Å². The average Bonchev–Trinajstić information content (AvgIpc) is 3.42. The third-order valence-corrected chi connectivity index (χ3v) is 7.06. The van der Waals surface area contributed by atoms with E-state index < -0.39 is 0 Å². The monoisotopic (exact) mass is 434 g/mol. The van der Waals surface area contributed by atoms with Crippen LogP contribution in [0.25, 0.3) is 5.65 Å². The van der Waals surface area contributed by atoms with E-state index in [0.717, 1.165) is 61.5 Å². The Morgan fingerprint density at radius 1 is 1.06 bits per heavy atom. The first-order valence-corrected chi connectivity index (χ1v) is 11.7. The molecule has 0 amide bonds. The third-order valence-electron chi connectivity index (χ3n) is 7.06. The molecule has 0 bridgehead atoms. The Balaban J connectivity index is 1.34. The van der Waals surface area contributed by atoms with Crippen molar-refractivity contribution in [3.63, 3.8) is 0 Å². The van der Waals surface area contributed by atoms with Gasteiger partial charge in [0.05, 0.1) is 17.6 Å². The predicted octanol–water partition coefficient (Wildman–Crippen LogP) is 3.18. The van der Waals surface area contributed by atoms with Crippen LogP contribution >= 0.6 is 0 Å². The molecule has 8 nitrogen and oxygen atoms in total. The topological polar surface area (TPSA) is 101 Å². The number of nitrogen functional groups attached to an aromatic ring is 1.